The average Bonchev–Trinajstić information content (AvgIpc) is 3.10. The van der Waals surface area contributed by atoms with E-state index in [2.05, 4.69) is 26.6 Å². The number of anilines is 1. The lowest BCUT2D eigenvalue weighted by Crippen LogP contribution is -2.54. The maximum absolute atomic E-state index is 12.7. The highest BCUT2D eigenvalue weighted by atomic mass is 16.2. The quantitative estimate of drug-likeness (QED) is 0.761. The molecule has 1 fully saturated rings. The van der Waals surface area contributed by atoms with E-state index in [1.807, 2.05) is 30.3 Å². The van der Waals surface area contributed by atoms with Gasteiger partial charge in [-0.15, -0.1) is 0 Å². The Labute approximate surface area is 165 Å². The number of amides is 3. The third-order valence-corrected chi connectivity index (χ3v) is 5.77. The van der Waals surface area contributed by atoms with Crippen LogP contribution in [0.15, 0.2) is 36.4 Å². The van der Waals surface area contributed by atoms with Gasteiger partial charge >= 0.3 is 6.03 Å². The van der Waals surface area contributed by atoms with Crippen LogP contribution in [0.4, 0.5) is 10.5 Å². The van der Waals surface area contributed by atoms with Crippen molar-refractivity contribution in [2.45, 2.75) is 37.9 Å². The smallest absolute Gasteiger partial charge is 0.321 e. The van der Waals surface area contributed by atoms with Crippen LogP contribution in [0.25, 0.3) is 0 Å². The molecule has 0 radical (unpaired) electrons. The van der Waals surface area contributed by atoms with Crippen LogP contribution < -0.4 is 16.0 Å². The first kappa shape index (κ1) is 18.6. The predicted octanol–water partition coefficient (Wildman–Crippen LogP) is 2.49. The molecule has 28 heavy (non-hydrogen) atoms. The number of nitrogens with zero attached hydrogens (tertiary/aromatic N) is 2. The minimum Gasteiger partial charge on any atom is -0.347 e. The van der Waals surface area contributed by atoms with E-state index in [1.54, 1.807) is 14.1 Å². The van der Waals surface area contributed by atoms with Crippen molar-refractivity contribution >= 4 is 17.6 Å². The van der Waals surface area contributed by atoms with Crippen LogP contribution >= 0.6 is 0 Å². The summed E-state index contributed by atoms with van der Waals surface area (Å²) in [6.07, 6.45) is 3.54. The normalized spacial score (nSPS) is 16.8. The molecule has 0 unspecified atom stereocenters. The van der Waals surface area contributed by atoms with Crippen molar-refractivity contribution in [3.63, 3.8) is 0 Å². The van der Waals surface area contributed by atoms with Crippen LogP contribution in [-0.2, 0) is 18.6 Å². The second kappa shape index (κ2) is 7.31. The third kappa shape index (κ3) is 3.38. The van der Waals surface area contributed by atoms with Crippen LogP contribution in [0.1, 0.15) is 41.0 Å². The molecule has 1 spiro atoms. The zero-order valence-electron chi connectivity index (χ0n) is 16.4. The van der Waals surface area contributed by atoms with Crippen molar-refractivity contribution < 1.29 is 9.59 Å². The molecule has 2 aromatic rings. The van der Waals surface area contributed by atoms with Gasteiger partial charge in [0.1, 0.15) is 5.69 Å². The second-order valence-electron chi connectivity index (χ2n) is 7.82. The molecule has 1 aromatic carbocycles. The molecular weight excluding hydrogens is 354 g/mol. The minimum atomic E-state index is -0.169. The third-order valence-electron chi connectivity index (χ3n) is 5.77. The maximum atomic E-state index is 12.7. The maximum Gasteiger partial charge on any atom is 0.321 e. The van der Waals surface area contributed by atoms with E-state index in [-0.39, 0.29) is 17.5 Å². The van der Waals surface area contributed by atoms with Gasteiger partial charge in [0.25, 0.3) is 5.91 Å². The lowest BCUT2D eigenvalue weighted by molar-refractivity contribution is 0.0933. The number of nitrogens with one attached hydrogen (secondary N) is 3. The molecule has 4 rings (SSSR count). The zero-order valence-corrected chi connectivity index (χ0v) is 16.4. The molecule has 7 nitrogen and oxygen atoms in total. The molecule has 2 aliphatic rings. The van der Waals surface area contributed by atoms with Gasteiger partial charge in [-0.25, -0.2) is 4.79 Å². The predicted molar refractivity (Wildman–Crippen MR) is 108 cm³/mol. The Kier molecular flexibility index (Phi) is 4.85. The highest BCUT2D eigenvalue weighted by molar-refractivity contribution is 5.93. The van der Waals surface area contributed by atoms with Crippen molar-refractivity contribution in [3.8, 4) is 0 Å². The molecule has 0 bridgehead atoms. The van der Waals surface area contributed by atoms with E-state index in [4.69, 9.17) is 0 Å². The number of carbonyl (C=O) groups is 2. The second-order valence-corrected chi connectivity index (χ2v) is 7.82. The summed E-state index contributed by atoms with van der Waals surface area (Å²) >= 11 is 0. The number of aromatic nitrogens is 1. The average molecular weight is 381 g/mol. The highest BCUT2D eigenvalue weighted by Crippen LogP contribution is 2.43. The summed E-state index contributed by atoms with van der Waals surface area (Å²) in [5, 5.41) is 9.46. The first-order valence-electron chi connectivity index (χ1n) is 9.79. The minimum absolute atomic E-state index is 0.0485. The Morgan fingerprint density at radius 3 is 2.54 bits per heavy atom. The molecule has 1 aliphatic heterocycles. The molecule has 7 heteroatoms. The summed E-state index contributed by atoms with van der Waals surface area (Å²) in [5.41, 5.74) is 3.78. The Bertz CT molecular complexity index is 881. The Hall–Kier alpha value is -2.80. The summed E-state index contributed by atoms with van der Waals surface area (Å²) in [4.78, 5) is 25.9. The van der Waals surface area contributed by atoms with Crippen molar-refractivity contribution in [3.05, 3.63) is 53.3 Å². The zero-order chi connectivity index (χ0) is 19.7. The van der Waals surface area contributed by atoms with Crippen molar-refractivity contribution in [1.82, 2.24) is 20.1 Å². The number of rotatable bonds is 4. The van der Waals surface area contributed by atoms with E-state index in [0.717, 1.165) is 42.9 Å². The van der Waals surface area contributed by atoms with E-state index in [0.29, 0.717) is 6.54 Å². The fraction of sp³-hybridized carbons (Fsp3) is 0.429. The largest absolute Gasteiger partial charge is 0.347 e. The molecule has 0 atom stereocenters. The molecule has 3 N–H and O–H groups in total. The topological polar surface area (TPSA) is 78.4 Å². The molecule has 3 amide bonds. The SMILES string of the molecule is CN(C)C(=O)Nc1ccc(CNC(=O)c2ccc3n2CCNC32CCC2)cc1. The molecular formula is C21H27N5O2. The van der Waals surface area contributed by atoms with Gasteiger partial charge in [0.05, 0.1) is 5.54 Å². The summed E-state index contributed by atoms with van der Waals surface area (Å²) in [6.45, 7) is 2.18. The van der Waals surface area contributed by atoms with Crippen LogP contribution in [0.5, 0.6) is 0 Å². The van der Waals surface area contributed by atoms with E-state index in [9.17, 15) is 9.59 Å². The van der Waals surface area contributed by atoms with Crippen molar-refractivity contribution in [2.75, 3.05) is 26.0 Å². The fourth-order valence-electron chi connectivity index (χ4n) is 4.00. The number of fused-ring (bicyclic) bond motifs is 2. The lowest BCUT2D eigenvalue weighted by Gasteiger charge is -2.46. The molecule has 2 heterocycles. The fourth-order valence-corrected chi connectivity index (χ4v) is 4.00. The Morgan fingerprint density at radius 2 is 1.89 bits per heavy atom. The van der Waals surface area contributed by atoms with Gasteiger partial charge in [0, 0.05) is 45.1 Å². The Morgan fingerprint density at radius 1 is 1.14 bits per heavy atom. The standard InChI is InChI=1S/C21H27N5O2/c1-25(2)20(28)24-16-6-4-15(5-7-16)14-22-19(27)17-8-9-18-21(10-3-11-21)23-12-13-26(17)18/h4-9,23H,3,10-14H2,1-2H3,(H,22,27)(H,24,28). The van der Waals surface area contributed by atoms with Crippen molar-refractivity contribution in [2.24, 2.45) is 0 Å². The Balaban J connectivity index is 1.38. The van der Waals surface area contributed by atoms with Crippen LogP contribution in [0.2, 0.25) is 0 Å². The number of hydrogen-bond acceptors (Lipinski definition) is 3. The van der Waals surface area contributed by atoms with Crippen LogP contribution in [-0.4, -0.2) is 42.0 Å². The monoisotopic (exact) mass is 381 g/mol. The van der Waals surface area contributed by atoms with Gasteiger partial charge < -0.3 is 25.4 Å². The van der Waals surface area contributed by atoms with Gasteiger partial charge in [-0.3, -0.25) is 4.79 Å². The van der Waals surface area contributed by atoms with Gasteiger partial charge in [-0.1, -0.05) is 12.1 Å². The highest BCUT2D eigenvalue weighted by Gasteiger charge is 2.43. The van der Waals surface area contributed by atoms with E-state index in [1.165, 1.54) is 17.0 Å². The van der Waals surface area contributed by atoms with Crippen LogP contribution in [0, 0.1) is 0 Å². The summed E-state index contributed by atoms with van der Waals surface area (Å²) in [5.74, 6) is -0.0485. The first-order chi connectivity index (χ1) is 13.5. The molecule has 1 saturated carbocycles. The van der Waals surface area contributed by atoms with Crippen LogP contribution in [0.3, 0.4) is 0 Å². The number of benzene rings is 1. The van der Waals surface area contributed by atoms with Gasteiger partial charge in [-0.05, 0) is 49.1 Å². The summed E-state index contributed by atoms with van der Waals surface area (Å²) in [7, 11) is 3.39. The molecule has 0 saturated heterocycles. The molecule has 148 valence electrons. The van der Waals surface area contributed by atoms with Gasteiger partial charge in [0.15, 0.2) is 0 Å². The molecule has 1 aliphatic carbocycles. The lowest BCUT2D eigenvalue weighted by atomic mass is 9.73. The van der Waals surface area contributed by atoms with E-state index < -0.39 is 0 Å². The van der Waals surface area contributed by atoms with E-state index >= 15 is 0 Å². The number of carbonyl (C=O) groups excluding carboxylic acids is 2. The first-order valence-corrected chi connectivity index (χ1v) is 9.79. The van der Waals surface area contributed by atoms with Gasteiger partial charge in [0.2, 0.25) is 0 Å². The van der Waals surface area contributed by atoms with Crippen molar-refractivity contribution in [1.29, 1.82) is 0 Å². The van der Waals surface area contributed by atoms with Gasteiger partial charge in [-0.2, -0.15) is 0 Å². The summed E-state index contributed by atoms with van der Waals surface area (Å²) < 4.78 is 2.17. The number of urea groups is 1. The number of hydrogen-bond donors (Lipinski definition) is 3. The summed E-state index contributed by atoms with van der Waals surface area (Å²) in [6, 6.07) is 11.4. The molecule has 1 aromatic heterocycles.